The van der Waals surface area contributed by atoms with Crippen molar-refractivity contribution in [3.05, 3.63) is 71.5 Å². The number of ketones is 1. The van der Waals surface area contributed by atoms with Crippen LogP contribution in [0.4, 0.5) is 9.18 Å². The minimum absolute atomic E-state index is 0.0376. The molecule has 2 amide bonds. The first-order chi connectivity index (χ1) is 11.6. The highest BCUT2D eigenvalue weighted by molar-refractivity contribution is 5.96. The van der Waals surface area contributed by atoms with Crippen LogP contribution in [-0.2, 0) is 16.1 Å². The highest BCUT2D eigenvalue weighted by atomic mass is 19.1. The van der Waals surface area contributed by atoms with Crippen molar-refractivity contribution in [1.29, 1.82) is 0 Å². The summed E-state index contributed by atoms with van der Waals surface area (Å²) >= 11 is 0. The first-order valence-corrected chi connectivity index (χ1v) is 7.31. The Hall–Kier alpha value is -3.02. The highest BCUT2D eigenvalue weighted by Crippen LogP contribution is 2.07. The number of Topliss-reactive ketones (excluding diaryl/α,β-unsaturated/α-hetero) is 1. The number of carbonyl (C=O) groups is 3. The third kappa shape index (κ3) is 5.01. The number of halogens is 1. The second kappa shape index (κ2) is 8.57. The minimum atomic E-state index is -0.819. The van der Waals surface area contributed by atoms with E-state index in [-0.39, 0.29) is 25.4 Å². The molecule has 0 heterocycles. The lowest BCUT2D eigenvalue weighted by Gasteiger charge is -2.15. The second-order valence-electron chi connectivity index (χ2n) is 5.02. The molecule has 124 valence electrons. The molecule has 0 aliphatic rings. The van der Waals surface area contributed by atoms with Gasteiger partial charge < -0.3 is 4.74 Å². The Balaban J connectivity index is 1.84. The van der Waals surface area contributed by atoms with E-state index < -0.39 is 11.9 Å². The lowest BCUT2D eigenvalue weighted by Crippen LogP contribution is -2.32. The number of hydrogen-bond acceptors (Lipinski definition) is 4. The summed E-state index contributed by atoms with van der Waals surface area (Å²) in [5.74, 6) is -0.733. The lowest BCUT2D eigenvalue weighted by molar-refractivity contribution is -0.116. The van der Waals surface area contributed by atoms with Gasteiger partial charge in [-0.3, -0.25) is 9.59 Å². The predicted molar refractivity (Wildman–Crippen MR) is 84.7 cm³/mol. The zero-order chi connectivity index (χ0) is 17.4. The van der Waals surface area contributed by atoms with Gasteiger partial charge in [0.25, 0.3) is 0 Å². The van der Waals surface area contributed by atoms with Crippen LogP contribution in [0.25, 0.3) is 0 Å². The maximum Gasteiger partial charge on any atom is 0.416 e. The molecule has 2 aromatic rings. The monoisotopic (exact) mass is 329 g/mol. The van der Waals surface area contributed by atoms with Crippen molar-refractivity contribution in [3.8, 4) is 0 Å². The number of hydrogen-bond donors (Lipinski definition) is 0. The third-order valence-electron chi connectivity index (χ3n) is 3.31. The van der Waals surface area contributed by atoms with Crippen molar-refractivity contribution < 1.29 is 23.5 Å². The molecule has 2 rings (SSSR count). The molecule has 0 fully saturated rings. The third-order valence-corrected chi connectivity index (χ3v) is 3.31. The quantitative estimate of drug-likeness (QED) is 0.578. The molecule has 2 aromatic carbocycles. The summed E-state index contributed by atoms with van der Waals surface area (Å²) in [6.07, 6.45) is -0.559. The van der Waals surface area contributed by atoms with E-state index in [0.29, 0.717) is 12.0 Å². The molecule has 0 aliphatic carbocycles. The fraction of sp³-hybridized carbons (Fsp3) is 0.167. The largest absolute Gasteiger partial charge is 0.444 e. The lowest BCUT2D eigenvalue weighted by atomic mass is 10.1. The summed E-state index contributed by atoms with van der Waals surface area (Å²) in [4.78, 5) is 35.6. The van der Waals surface area contributed by atoms with Gasteiger partial charge in [-0.25, -0.2) is 14.1 Å². The summed E-state index contributed by atoms with van der Waals surface area (Å²) < 4.78 is 17.9. The van der Waals surface area contributed by atoms with Crippen molar-refractivity contribution in [2.75, 3.05) is 6.54 Å². The van der Waals surface area contributed by atoms with Crippen LogP contribution in [0.2, 0.25) is 0 Å². The summed E-state index contributed by atoms with van der Waals surface area (Å²) in [5, 5.41) is 0. The number of benzene rings is 2. The maximum absolute atomic E-state index is 12.8. The average molecular weight is 329 g/mol. The number of imide groups is 1. The van der Waals surface area contributed by atoms with Crippen molar-refractivity contribution in [1.82, 2.24) is 4.90 Å². The molecule has 0 unspecified atom stereocenters. The fourth-order valence-corrected chi connectivity index (χ4v) is 1.99. The van der Waals surface area contributed by atoms with Crippen molar-refractivity contribution >= 4 is 18.3 Å². The average Bonchev–Trinajstić information content (AvgIpc) is 2.61. The molecular formula is C18H16FNO4. The van der Waals surface area contributed by atoms with Crippen LogP contribution in [0.15, 0.2) is 54.6 Å². The van der Waals surface area contributed by atoms with Gasteiger partial charge in [-0.15, -0.1) is 0 Å². The molecule has 5 nitrogen and oxygen atoms in total. The molecule has 6 heteroatoms. The van der Waals surface area contributed by atoms with Gasteiger partial charge in [0.05, 0.1) is 0 Å². The number of nitrogens with zero attached hydrogens (tertiary/aromatic N) is 1. The minimum Gasteiger partial charge on any atom is -0.444 e. The van der Waals surface area contributed by atoms with Gasteiger partial charge in [0.2, 0.25) is 6.41 Å². The summed E-state index contributed by atoms with van der Waals surface area (Å²) in [7, 11) is 0. The van der Waals surface area contributed by atoms with Gasteiger partial charge in [-0.05, 0) is 29.8 Å². The van der Waals surface area contributed by atoms with Crippen LogP contribution < -0.4 is 0 Å². The smallest absolute Gasteiger partial charge is 0.416 e. The second-order valence-corrected chi connectivity index (χ2v) is 5.02. The first kappa shape index (κ1) is 17.3. The van der Waals surface area contributed by atoms with E-state index in [4.69, 9.17) is 4.74 Å². The SMILES string of the molecule is O=CN(CCC(=O)c1ccc(F)cc1)C(=O)OCc1ccccc1. The van der Waals surface area contributed by atoms with E-state index in [2.05, 4.69) is 0 Å². The normalized spacial score (nSPS) is 10.0. The molecule has 24 heavy (non-hydrogen) atoms. The van der Waals surface area contributed by atoms with Gasteiger partial charge in [-0.2, -0.15) is 0 Å². The van der Waals surface area contributed by atoms with Crippen molar-refractivity contribution in [3.63, 3.8) is 0 Å². The topological polar surface area (TPSA) is 63.7 Å². The number of ether oxygens (including phenoxy) is 1. The van der Waals surface area contributed by atoms with Gasteiger partial charge in [0.1, 0.15) is 12.4 Å². The van der Waals surface area contributed by atoms with E-state index in [1.807, 2.05) is 18.2 Å². The van der Waals surface area contributed by atoms with E-state index in [1.165, 1.54) is 24.3 Å². The molecule has 0 saturated carbocycles. The van der Waals surface area contributed by atoms with E-state index >= 15 is 0 Å². The van der Waals surface area contributed by atoms with Crippen LogP contribution >= 0.6 is 0 Å². The molecule has 0 radical (unpaired) electrons. The Morgan fingerprint density at radius 1 is 1.04 bits per heavy atom. The number of carbonyl (C=O) groups excluding carboxylic acids is 3. The predicted octanol–water partition coefficient (Wildman–Crippen LogP) is 3.19. The molecule has 0 saturated heterocycles. The van der Waals surface area contributed by atoms with Gasteiger partial charge in [-0.1, -0.05) is 30.3 Å². The Morgan fingerprint density at radius 3 is 2.33 bits per heavy atom. The zero-order valence-electron chi connectivity index (χ0n) is 12.9. The summed E-state index contributed by atoms with van der Waals surface area (Å²) in [6.45, 7) is -0.0662. The molecule has 0 aromatic heterocycles. The van der Waals surface area contributed by atoms with Crippen molar-refractivity contribution in [2.45, 2.75) is 13.0 Å². The molecular weight excluding hydrogens is 313 g/mol. The van der Waals surface area contributed by atoms with Gasteiger partial charge in [0.15, 0.2) is 5.78 Å². The molecule has 0 aliphatic heterocycles. The summed E-state index contributed by atoms with van der Waals surface area (Å²) in [5.41, 5.74) is 1.11. The summed E-state index contributed by atoms with van der Waals surface area (Å²) in [6, 6.07) is 14.1. The van der Waals surface area contributed by atoms with Crippen LogP contribution in [0.3, 0.4) is 0 Å². The van der Waals surface area contributed by atoms with Gasteiger partial charge >= 0.3 is 6.09 Å². The standard InChI is InChI=1S/C18H16FNO4/c19-16-8-6-15(7-9-16)17(22)10-11-20(13-21)18(23)24-12-14-4-2-1-3-5-14/h1-9,13H,10-12H2. The Kier molecular flexibility index (Phi) is 6.19. The number of amides is 2. The van der Waals surface area contributed by atoms with Crippen LogP contribution in [-0.4, -0.2) is 29.7 Å². The zero-order valence-corrected chi connectivity index (χ0v) is 12.9. The Labute approximate surface area is 138 Å². The van der Waals surface area contributed by atoms with E-state index in [1.54, 1.807) is 12.1 Å². The van der Waals surface area contributed by atoms with Crippen LogP contribution in [0.5, 0.6) is 0 Å². The van der Waals surface area contributed by atoms with Crippen LogP contribution in [0.1, 0.15) is 22.3 Å². The number of rotatable bonds is 7. The van der Waals surface area contributed by atoms with E-state index in [9.17, 15) is 18.8 Å². The fourth-order valence-electron chi connectivity index (χ4n) is 1.99. The van der Waals surface area contributed by atoms with Gasteiger partial charge in [0, 0.05) is 18.5 Å². The molecule has 0 spiro atoms. The van der Waals surface area contributed by atoms with E-state index in [0.717, 1.165) is 10.5 Å². The Bertz CT molecular complexity index is 701. The van der Waals surface area contributed by atoms with Crippen molar-refractivity contribution in [2.24, 2.45) is 0 Å². The molecule has 0 atom stereocenters. The molecule has 0 N–H and O–H groups in total. The molecule has 0 bridgehead atoms. The highest BCUT2D eigenvalue weighted by Gasteiger charge is 2.16. The first-order valence-electron chi connectivity index (χ1n) is 7.31. The van der Waals surface area contributed by atoms with Crippen LogP contribution in [0, 0.1) is 5.82 Å². The maximum atomic E-state index is 12.8. The Morgan fingerprint density at radius 2 is 1.71 bits per heavy atom.